The fourth-order valence-corrected chi connectivity index (χ4v) is 1.93. The summed E-state index contributed by atoms with van der Waals surface area (Å²) in [5, 5.41) is 11.9. The van der Waals surface area contributed by atoms with Gasteiger partial charge in [0, 0.05) is 13.1 Å². The number of nitrogens with one attached hydrogen (secondary N) is 1. The molecular formula is C12H16N4. The van der Waals surface area contributed by atoms with Gasteiger partial charge >= 0.3 is 0 Å². The molecule has 0 aromatic carbocycles. The summed E-state index contributed by atoms with van der Waals surface area (Å²) in [7, 11) is 0. The number of pyridine rings is 1. The van der Waals surface area contributed by atoms with Crippen molar-refractivity contribution in [2.45, 2.75) is 12.8 Å². The molecule has 0 radical (unpaired) electrons. The summed E-state index contributed by atoms with van der Waals surface area (Å²) in [4.78, 5) is 6.47. The van der Waals surface area contributed by atoms with Crippen LogP contribution in [0.25, 0.3) is 0 Å². The number of anilines is 1. The highest BCUT2D eigenvalue weighted by atomic mass is 15.1. The zero-order valence-corrected chi connectivity index (χ0v) is 9.32. The van der Waals surface area contributed by atoms with E-state index in [4.69, 9.17) is 5.26 Å². The maximum atomic E-state index is 8.61. The van der Waals surface area contributed by atoms with E-state index in [1.54, 1.807) is 12.3 Å². The highest BCUT2D eigenvalue weighted by Crippen LogP contribution is 2.08. The number of rotatable bonds is 4. The van der Waals surface area contributed by atoms with Gasteiger partial charge in [0.05, 0.1) is 11.9 Å². The van der Waals surface area contributed by atoms with Crippen molar-refractivity contribution in [3.05, 3.63) is 24.0 Å². The lowest BCUT2D eigenvalue weighted by molar-refractivity contribution is 0.352. The van der Waals surface area contributed by atoms with Crippen LogP contribution in [0.15, 0.2) is 18.3 Å². The van der Waals surface area contributed by atoms with Gasteiger partial charge in [-0.3, -0.25) is 0 Å². The standard InChI is InChI=1S/C12H16N4/c13-9-11-3-4-12(10-15-11)14-5-8-16-6-1-2-7-16/h3-4,10,14H,1-2,5-8H2. The molecule has 1 fully saturated rings. The zero-order chi connectivity index (χ0) is 11.2. The topological polar surface area (TPSA) is 52.0 Å². The largest absolute Gasteiger partial charge is 0.383 e. The van der Waals surface area contributed by atoms with E-state index in [1.807, 2.05) is 12.1 Å². The van der Waals surface area contributed by atoms with Crippen LogP contribution in [0, 0.1) is 11.3 Å². The first-order chi connectivity index (χ1) is 7.88. The van der Waals surface area contributed by atoms with Gasteiger partial charge in [-0.25, -0.2) is 4.98 Å². The number of likely N-dealkylation sites (tertiary alicyclic amines) is 1. The van der Waals surface area contributed by atoms with Gasteiger partial charge in [-0.05, 0) is 38.1 Å². The van der Waals surface area contributed by atoms with Gasteiger partial charge < -0.3 is 10.2 Å². The molecule has 0 bridgehead atoms. The van der Waals surface area contributed by atoms with Crippen LogP contribution in [0.2, 0.25) is 0 Å². The van der Waals surface area contributed by atoms with E-state index in [2.05, 4.69) is 15.2 Å². The number of nitrogens with zero attached hydrogens (tertiary/aromatic N) is 3. The molecule has 4 heteroatoms. The van der Waals surface area contributed by atoms with Crippen molar-refractivity contribution >= 4 is 5.69 Å². The third-order valence-electron chi connectivity index (χ3n) is 2.83. The summed E-state index contributed by atoms with van der Waals surface area (Å²) in [5.74, 6) is 0. The molecule has 4 nitrogen and oxygen atoms in total. The fourth-order valence-electron chi connectivity index (χ4n) is 1.93. The number of hydrogen-bond donors (Lipinski definition) is 1. The molecule has 1 saturated heterocycles. The van der Waals surface area contributed by atoms with E-state index < -0.39 is 0 Å². The highest BCUT2D eigenvalue weighted by Gasteiger charge is 2.09. The second-order valence-electron chi connectivity index (χ2n) is 4.02. The molecule has 16 heavy (non-hydrogen) atoms. The van der Waals surface area contributed by atoms with Crippen LogP contribution in [0.3, 0.4) is 0 Å². The van der Waals surface area contributed by atoms with E-state index in [9.17, 15) is 0 Å². The second kappa shape index (κ2) is 5.47. The van der Waals surface area contributed by atoms with E-state index in [0.29, 0.717) is 5.69 Å². The quantitative estimate of drug-likeness (QED) is 0.828. The van der Waals surface area contributed by atoms with E-state index in [-0.39, 0.29) is 0 Å². The average Bonchev–Trinajstić information content (AvgIpc) is 2.83. The van der Waals surface area contributed by atoms with E-state index in [0.717, 1.165) is 18.8 Å². The maximum Gasteiger partial charge on any atom is 0.140 e. The molecule has 0 atom stereocenters. The Hall–Kier alpha value is -1.60. The number of hydrogen-bond acceptors (Lipinski definition) is 4. The molecule has 2 heterocycles. The smallest absolute Gasteiger partial charge is 0.140 e. The van der Waals surface area contributed by atoms with Crippen molar-refractivity contribution in [2.75, 3.05) is 31.5 Å². The van der Waals surface area contributed by atoms with Crippen molar-refractivity contribution in [3.8, 4) is 6.07 Å². The third-order valence-corrected chi connectivity index (χ3v) is 2.83. The first-order valence-corrected chi connectivity index (χ1v) is 5.71. The predicted molar refractivity (Wildman–Crippen MR) is 63.1 cm³/mol. The Morgan fingerprint density at radius 3 is 2.81 bits per heavy atom. The molecular weight excluding hydrogens is 200 g/mol. The molecule has 0 saturated carbocycles. The molecule has 1 aromatic rings. The Bertz CT molecular complexity index is 360. The molecule has 84 valence electrons. The molecule has 1 aliphatic heterocycles. The SMILES string of the molecule is N#Cc1ccc(NCCN2CCCC2)cn1. The predicted octanol–water partition coefficient (Wildman–Crippen LogP) is 1.46. The molecule has 0 amide bonds. The van der Waals surface area contributed by atoms with Crippen LogP contribution >= 0.6 is 0 Å². The van der Waals surface area contributed by atoms with Crippen LogP contribution in [-0.2, 0) is 0 Å². The third kappa shape index (κ3) is 2.94. The van der Waals surface area contributed by atoms with E-state index in [1.165, 1.54) is 25.9 Å². The Labute approximate surface area is 95.9 Å². The first-order valence-electron chi connectivity index (χ1n) is 5.71. The maximum absolute atomic E-state index is 8.61. The van der Waals surface area contributed by atoms with Gasteiger partial charge in [-0.1, -0.05) is 0 Å². The molecule has 0 aliphatic carbocycles. The summed E-state index contributed by atoms with van der Waals surface area (Å²) < 4.78 is 0. The minimum atomic E-state index is 0.463. The molecule has 1 aliphatic rings. The van der Waals surface area contributed by atoms with Crippen LogP contribution in [-0.4, -0.2) is 36.1 Å². The summed E-state index contributed by atoms with van der Waals surface area (Å²) in [6, 6.07) is 5.64. The minimum absolute atomic E-state index is 0.463. The highest BCUT2D eigenvalue weighted by molar-refractivity contribution is 5.42. The monoisotopic (exact) mass is 216 g/mol. The molecule has 0 unspecified atom stereocenters. The van der Waals surface area contributed by atoms with Crippen LogP contribution < -0.4 is 5.32 Å². The molecule has 2 rings (SSSR count). The van der Waals surface area contributed by atoms with Gasteiger partial charge in [0.1, 0.15) is 11.8 Å². The normalized spacial score (nSPS) is 15.9. The van der Waals surface area contributed by atoms with Crippen LogP contribution in [0.4, 0.5) is 5.69 Å². The average molecular weight is 216 g/mol. The molecule has 0 spiro atoms. The summed E-state index contributed by atoms with van der Waals surface area (Å²) in [6.45, 7) is 4.48. The lowest BCUT2D eigenvalue weighted by atomic mass is 10.3. The van der Waals surface area contributed by atoms with Gasteiger partial charge in [0.25, 0.3) is 0 Å². The van der Waals surface area contributed by atoms with Gasteiger partial charge in [-0.2, -0.15) is 5.26 Å². The van der Waals surface area contributed by atoms with Gasteiger partial charge in [0.15, 0.2) is 0 Å². The lowest BCUT2D eigenvalue weighted by Gasteiger charge is -2.15. The van der Waals surface area contributed by atoms with E-state index >= 15 is 0 Å². The Morgan fingerprint density at radius 1 is 1.38 bits per heavy atom. The fraction of sp³-hybridized carbons (Fsp3) is 0.500. The van der Waals surface area contributed by atoms with Crippen molar-refractivity contribution in [3.63, 3.8) is 0 Å². The summed E-state index contributed by atoms with van der Waals surface area (Å²) in [6.07, 6.45) is 4.37. The Morgan fingerprint density at radius 2 is 2.19 bits per heavy atom. The Balaban J connectivity index is 1.74. The second-order valence-corrected chi connectivity index (χ2v) is 4.02. The van der Waals surface area contributed by atoms with Crippen LogP contribution in [0.1, 0.15) is 18.5 Å². The molecule has 1 aromatic heterocycles. The number of aromatic nitrogens is 1. The zero-order valence-electron chi connectivity index (χ0n) is 9.32. The van der Waals surface area contributed by atoms with Gasteiger partial charge in [-0.15, -0.1) is 0 Å². The summed E-state index contributed by atoms with van der Waals surface area (Å²) >= 11 is 0. The van der Waals surface area contributed by atoms with Crippen molar-refractivity contribution in [1.82, 2.24) is 9.88 Å². The van der Waals surface area contributed by atoms with Crippen molar-refractivity contribution < 1.29 is 0 Å². The first kappa shape index (κ1) is 10.9. The van der Waals surface area contributed by atoms with Gasteiger partial charge in [0.2, 0.25) is 0 Å². The van der Waals surface area contributed by atoms with Crippen LogP contribution in [0.5, 0.6) is 0 Å². The Kier molecular flexibility index (Phi) is 3.73. The van der Waals surface area contributed by atoms with Crippen molar-refractivity contribution in [1.29, 1.82) is 5.26 Å². The van der Waals surface area contributed by atoms with Crippen molar-refractivity contribution in [2.24, 2.45) is 0 Å². The number of nitriles is 1. The molecule has 1 N–H and O–H groups in total. The minimum Gasteiger partial charge on any atom is -0.383 e. The lowest BCUT2D eigenvalue weighted by Crippen LogP contribution is -2.25. The summed E-state index contributed by atoms with van der Waals surface area (Å²) in [5.41, 5.74) is 1.45.